The Hall–Kier alpha value is -3.16. The molecule has 0 amide bonds. The van der Waals surface area contributed by atoms with Crippen LogP contribution in [0.25, 0.3) is 11.2 Å². The van der Waals surface area contributed by atoms with Crippen LogP contribution < -0.4 is 10.6 Å². The fraction of sp³-hybridized carbons (Fsp3) is 0.435. The lowest BCUT2D eigenvalue weighted by atomic mass is 9.73. The van der Waals surface area contributed by atoms with Crippen LogP contribution in [0, 0.1) is 28.9 Å². The molecule has 0 radical (unpaired) electrons. The van der Waals surface area contributed by atoms with Crippen LogP contribution >= 0.6 is 0 Å². The van der Waals surface area contributed by atoms with Crippen molar-refractivity contribution in [1.29, 1.82) is 0 Å². The van der Waals surface area contributed by atoms with Gasteiger partial charge < -0.3 is 15.4 Å². The van der Waals surface area contributed by atoms with E-state index in [9.17, 15) is 13.2 Å². The third-order valence-corrected chi connectivity index (χ3v) is 6.75. The molecule has 3 aromatic rings. The zero-order valence-corrected chi connectivity index (χ0v) is 18.0. The monoisotopic (exact) mass is 456 g/mol. The molecule has 0 bridgehead atoms. The van der Waals surface area contributed by atoms with E-state index in [4.69, 9.17) is 10.5 Å². The van der Waals surface area contributed by atoms with Gasteiger partial charge in [0.25, 0.3) is 0 Å². The summed E-state index contributed by atoms with van der Waals surface area (Å²) in [6, 6.07) is 3.48. The van der Waals surface area contributed by atoms with Crippen molar-refractivity contribution in [1.82, 2.24) is 20.2 Å². The maximum atomic E-state index is 13.9. The molecule has 10 heteroatoms. The molecule has 0 saturated carbocycles. The van der Waals surface area contributed by atoms with E-state index >= 15 is 0 Å². The molecular formula is C23H23F3N6O. The Morgan fingerprint density at radius 3 is 2.58 bits per heavy atom. The van der Waals surface area contributed by atoms with Gasteiger partial charge in [0.2, 0.25) is 5.65 Å². The van der Waals surface area contributed by atoms with Crippen LogP contribution in [0.4, 0.5) is 19.0 Å². The van der Waals surface area contributed by atoms with Gasteiger partial charge in [0, 0.05) is 24.5 Å². The normalized spacial score (nSPS) is 22.0. The number of H-pyrrole nitrogens is 1. The van der Waals surface area contributed by atoms with Crippen LogP contribution in [-0.2, 0) is 11.4 Å². The number of halogens is 3. The van der Waals surface area contributed by atoms with Gasteiger partial charge in [0.05, 0.1) is 18.3 Å². The van der Waals surface area contributed by atoms with Gasteiger partial charge in [0.1, 0.15) is 35.2 Å². The molecule has 2 aromatic heterocycles. The molecule has 33 heavy (non-hydrogen) atoms. The molecule has 0 aliphatic carbocycles. The Bertz CT molecular complexity index is 1240. The van der Waals surface area contributed by atoms with Crippen LogP contribution in [0.15, 0.2) is 18.2 Å². The Labute approximate surface area is 188 Å². The van der Waals surface area contributed by atoms with E-state index in [0.29, 0.717) is 25.5 Å². The van der Waals surface area contributed by atoms with Crippen LogP contribution in [-0.4, -0.2) is 52.0 Å². The molecule has 0 unspecified atom stereocenters. The Kier molecular flexibility index (Phi) is 5.46. The second kappa shape index (κ2) is 8.32. The highest BCUT2D eigenvalue weighted by Gasteiger charge is 2.47. The summed E-state index contributed by atoms with van der Waals surface area (Å²) < 4.78 is 47.4. The van der Waals surface area contributed by atoms with E-state index in [0.717, 1.165) is 25.0 Å². The number of anilines is 1. The maximum Gasteiger partial charge on any atom is 0.202 e. The minimum Gasteiger partial charge on any atom is -0.376 e. The largest absolute Gasteiger partial charge is 0.376 e. The Balaban J connectivity index is 1.43. The number of hydrogen-bond donors (Lipinski definition) is 2. The van der Waals surface area contributed by atoms with Gasteiger partial charge in [-0.25, -0.2) is 23.1 Å². The van der Waals surface area contributed by atoms with E-state index in [2.05, 4.69) is 32.0 Å². The number of nitrogens with zero attached hydrogens (tertiary/aromatic N) is 4. The number of aromatic nitrogens is 4. The number of alkyl halides is 1. The minimum atomic E-state index is -0.820. The summed E-state index contributed by atoms with van der Waals surface area (Å²) in [4.78, 5) is 10.9. The first kappa shape index (κ1) is 21.7. The van der Waals surface area contributed by atoms with Crippen molar-refractivity contribution in [3.8, 4) is 11.8 Å². The lowest BCUT2D eigenvalue weighted by molar-refractivity contribution is 0.0974. The summed E-state index contributed by atoms with van der Waals surface area (Å²) in [6.07, 6.45) is 1.65. The molecule has 2 saturated heterocycles. The number of ether oxygens (including phenoxy) is 1. The van der Waals surface area contributed by atoms with Crippen molar-refractivity contribution < 1.29 is 17.9 Å². The van der Waals surface area contributed by atoms with Gasteiger partial charge in [-0.3, -0.25) is 5.10 Å². The Morgan fingerprint density at radius 2 is 1.94 bits per heavy atom. The first-order chi connectivity index (χ1) is 15.9. The van der Waals surface area contributed by atoms with E-state index in [-0.39, 0.29) is 45.7 Å². The molecule has 1 spiro atoms. The molecule has 7 nitrogen and oxygen atoms in total. The lowest BCUT2D eigenvalue weighted by Crippen LogP contribution is -2.51. The number of nitrogens with one attached hydrogen (secondary N) is 1. The highest BCUT2D eigenvalue weighted by atomic mass is 19.1. The zero-order chi connectivity index (χ0) is 23.2. The van der Waals surface area contributed by atoms with E-state index < -0.39 is 18.3 Å². The smallest absolute Gasteiger partial charge is 0.202 e. The zero-order valence-electron chi connectivity index (χ0n) is 18.0. The highest BCUT2D eigenvalue weighted by Crippen LogP contribution is 2.42. The summed E-state index contributed by atoms with van der Waals surface area (Å²) in [5.74, 6) is 4.00. The summed E-state index contributed by atoms with van der Waals surface area (Å²) in [5.41, 5.74) is 6.85. The van der Waals surface area contributed by atoms with Gasteiger partial charge in [-0.15, -0.1) is 0 Å². The average Bonchev–Trinajstić information content (AvgIpc) is 3.34. The number of fused-ring (bicyclic) bond motifs is 1. The fourth-order valence-corrected chi connectivity index (χ4v) is 4.67. The number of nitrogens with two attached hydrogens (primary N) is 1. The molecule has 2 aliphatic rings. The molecule has 1 aromatic carbocycles. The van der Waals surface area contributed by atoms with E-state index in [1.54, 1.807) is 0 Å². The van der Waals surface area contributed by atoms with Crippen molar-refractivity contribution in [2.75, 3.05) is 24.6 Å². The average molecular weight is 456 g/mol. The molecule has 2 fully saturated rings. The second-order valence-corrected chi connectivity index (χ2v) is 8.64. The summed E-state index contributed by atoms with van der Waals surface area (Å²) in [6.45, 7) is 3.11. The van der Waals surface area contributed by atoms with Gasteiger partial charge in [0.15, 0.2) is 5.82 Å². The highest BCUT2D eigenvalue weighted by molar-refractivity contribution is 5.78. The fourth-order valence-electron chi connectivity index (χ4n) is 4.67. The first-order valence-corrected chi connectivity index (χ1v) is 10.8. The summed E-state index contributed by atoms with van der Waals surface area (Å²) in [7, 11) is 0. The predicted molar refractivity (Wildman–Crippen MR) is 116 cm³/mol. The molecule has 5 rings (SSSR count). The lowest BCUT2D eigenvalue weighted by Gasteiger charge is -2.41. The van der Waals surface area contributed by atoms with Crippen molar-refractivity contribution in [2.24, 2.45) is 11.1 Å². The van der Waals surface area contributed by atoms with Gasteiger partial charge in [-0.2, -0.15) is 5.10 Å². The van der Waals surface area contributed by atoms with Gasteiger partial charge >= 0.3 is 0 Å². The molecule has 2 atom stereocenters. The molecular weight excluding hydrogens is 433 g/mol. The van der Waals surface area contributed by atoms with Crippen LogP contribution in [0.3, 0.4) is 0 Å². The van der Waals surface area contributed by atoms with Crippen LogP contribution in [0.5, 0.6) is 0 Å². The minimum absolute atomic E-state index is 0.0236. The van der Waals surface area contributed by atoms with Gasteiger partial charge in [-0.05, 0) is 37.8 Å². The van der Waals surface area contributed by atoms with Crippen LogP contribution in [0.1, 0.15) is 36.7 Å². The second-order valence-electron chi connectivity index (χ2n) is 8.64. The number of benzene rings is 1. The number of rotatable bonds is 2. The number of aromatic amines is 1. The van der Waals surface area contributed by atoms with Crippen molar-refractivity contribution in [2.45, 2.75) is 38.6 Å². The summed E-state index contributed by atoms with van der Waals surface area (Å²) >= 11 is 0. The number of piperidine rings is 1. The van der Waals surface area contributed by atoms with Crippen molar-refractivity contribution in [3.05, 3.63) is 46.8 Å². The van der Waals surface area contributed by atoms with E-state index in [1.807, 2.05) is 11.8 Å². The van der Waals surface area contributed by atoms with Crippen molar-refractivity contribution >= 4 is 17.0 Å². The third-order valence-electron chi connectivity index (χ3n) is 6.75. The number of hydrogen-bond acceptors (Lipinski definition) is 6. The molecule has 172 valence electrons. The maximum absolute atomic E-state index is 13.9. The predicted octanol–water partition coefficient (Wildman–Crippen LogP) is 2.83. The molecule has 3 N–H and O–H groups in total. The van der Waals surface area contributed by atoms with Crippen molar-refractivity contribution in [3.63, 3.8) is 0 Å². The summed E-state index contributed by atoms with van der Waals surface area (Å²) in [5, 5.41) is 6.81. The first-order valence-electron chi connectivity index (χ1n) is 10.8. The topological polar surface area (TPSA) is 93.0 Å². The standard InChI is InChI=1S/C23H23F3N6O/c1-13-20(27)23(12-33-13)7-9-32(10-8-23)22-18(11-24)28-19-17(30-31-21(19)29-22)6-5-14-15(25)3-2-4-16(14)26/h2-4,13,20H,7-12,27H2,1H3,(H,29,30,31)/t13-,20+/m0/s1. The van der Waals surface area contributed by atoms with Crippen LogP contribution in [0.2, 0.25) is 0 Å². The third kappa shape index (κ3) is 3.71. The SMILES string of the molecule is C[C@@H]1OCC2(CCN(c3nc4n[nH]c(C#Cc5c(F)cccc5F)c4nc3CF)CC2)[C@@H]1N. The molecule has 4 heterocycles. The quantitative estimate of drug-likeness (QED) is 0.576. The van der Waals surface area contributed by atoms with Gasteiger partial charge in [-0.1, -0.05) is 12.0 Å². The Morgan fingerprint density at radius 1 is 1.21 bits per heavy atom. The van der Waals surface area contributed by atoms with E-state index in [1.165, 1.54) is 6.07 Å². The molecule has 2 aliphatic heterocycles.